The van der Waals surface area contributed by atoms with E-state index in [-0.39, 0.29) is 10.5 Å². The molecule has 14 heavy (non-hydrogen) atoms. The second-order valence-electron chi connectivity index (χ2n) is 2.78. The number of rotatable bonds is 4. The number of aromatic nitrogens is 1. The molecule has 0 atom stereocenters. The van der Waals surface area contributed by atoms with Crippen LogP contribution in [0.2, 0.25) is 5.02 Å². The Hall–Kier alpha value is -0.775. The predicted octanol–water partition coefficient (Wildman–Crippen LogP) is 0.204. The Morgan fingerprint density at radius 1 is 1.57 bits per heavy atom. The minimum absolute atomic E-state index is 0.249. The van der Waals surface area contributed by atoms with Crippen LogP contribution in [0.5, 0.6) is 5.88 Å². The van der Waals surface area contributed by atoms with Crippen LogP contribution in [0.15, 0.2) is 12.3 Å². The van der Waals surface area contributed by atoms with Gasteiger partial charge in [0, 0.05) is 11.7 Å². The van der Waals surface area contributed by atoms with Gasteiger partial charge in [0.1, 0.15) is 5.02 Å². The summed E-state index contributed by atoms with van der Waals surface area (Å²) in [5.74, 6) is 0.318. The summed E-state index contributed by atoms with van der Waals surface area (Å²) in [6.45, 7) is 2.51. The van der Waals surface area contributed by atoms with Crippen molar-refractivity contribution < 1.29 is 14.8 Å². The zero-order chi connectivity index (χ0) is 10.6. The molecule has 0 spiro atoms. The quantitative estimate of drug-likeness (QED) is 0.705. The fraction of sp³-hybridized carbons (Fsp3) is 0.375. The van der Waals surface area contributed by atoms with Crippen LogP contribution in [-0.2, 0) is 0 Å². The smallest absolute Gasteiger partial charge is 0.477 e. The van der Waals surface area contributed by atoms with Crippen molar-refractivity contribution in [2.75, 3.05) is 6.61 Å². The van der Waals surface area contributed by atoms with Crippen LogP contribution >= 0.6 is 11.6 Å². The summed E-state index contributed by atoms with van der Waals surface area (Å²) in [4.78, 5) is 3.86. The summed E-state index contributed by atoms with van der Waals surface area (Å²) in [5, 5.41) is 17.9. The zero-order valence-electron chi connectivity index (χ0n) is 7.77. The molecule has 4 nitrogen and oxygen atoms in total. The van der Waals surface area contributed by atoms with Crippen LogP contribution in [-0.4, -0.2) is 28.8 Å². The SMILES string of the molecule is CCCOc1ncc(B(O)O)cc1Cl. The van der Waals surface area contributed by atoms with E-state index in [1.807, 2.05) is 6.92 Å². The highest BCUT2D eigenvalue weighted by Gasteiger charge is 2.14. The molecule has 1 aromatic rings. The summed E-state index contributed by atoms with van der Waals surface area (Å²) in [5.41, 5.74) is 0.249. The van der Waals surface area contributed by atoms with Gasteiger partial charge in [-0.05, 0) is 12.5 Å². The van der Waals surface area contributed by atoms with Gasteiger partial charge in [-0.15, -0.1) is 0 Å². The molecule has 0 aromatic carbocycles. The van der Waals surface area contributed by atoms with Gasteiger partial charge in [-0.3, -0.25) is 0 Å². The maximum absolute atomic E-state index is 8.83. The van der Waals surface area contributed by atoms with Gasteiger partial charge >= 0.3 is 7.12 Å². The number of hydrogen-bond donors (Lipinski definition) is 2. The molecular formula is C8H11BClNO3. The van der Waals surface area contributed by atoms with Crippen LogP contribution < -0.4 is 10.2 Å². The molecule has 0 aliphatic heterocycles. The van der Waals surface area contributed by atoms with Gasteiger partial charge in [-0.2, -0.15) is 0 Å². The molecular weight excluding hydrogens is 204 g/mol. The van der Waals surface area contributed by atoms with Crippen LogP contribution in [0, 0.1) is 0 Å². The van der Waals surface area contributed by atoms with Crippen molar-refractivity contribution in [1.29, 1.82) is 0 Å². The normalized spacial score (nSPS) is 10.0. The largest absolute Gasteiger partial charge is 0.490 e. The van der Waals surface area contributed by atoms with Crippen molar-refractivity contribution in [3.8, 4) is 5.88 Å². The standard InChI is InChI=1S/C8H11BClNO3/c1-2-3-14-8-7(10)4-6(5-11-8)9(12)13/h4-5,12-13H,2-3H2,1H3. The lowest BCUT2D eigenvalue weighted by Gasteiger charge is -2.06. The first kappa shape index (κ1) is 11.3. The lowest BCUT2D eigenvalue weighted by atomic mass is 9.82. The molecule has 6 heteroatoms. The Morgan fingerprint density at radius 3 is 2.79 bits per heavy atom. The third kappa shape index (κ3) is 2.87. The predicted molar refractivity (Wildman–Crippen MR) is 54.9 cm³/mol. The fourth-order valence-corrected chi connectivity index (χ4v) is 1.12. The molecule has 0 fully saturated rings. The van der Waals surface area contributed by atoms with Gasteiger partial charge in [-0.1, -0.05) is 18.5 Å². The average Bonchev–Trinajstić information content (AvgIpc) is 2.15. The topological polar surface area (TPSA) is 62.6 Å². The molecule has 0 amide bonds. The van der Waals surface area contributed by atoms with E-state index in [4.69, 9.17) is 26.4 Å². The van der Waals surface area contributed by atoms with E-state index in [2.05, 4.69) is 4.98 Å². The van der Waals surface area contributed by atoms with E-state index < -0.39 is 7.12 Å². The molecule has 0 unspecified atom stereocenters. The zero-order valence-corrected chi connectivity index (χ0v) is 8.53. The number of nitrogens with zero attached hydrogens (tertiary/aromatic N) is 1. The van der Waals surface area contributed by atoms with Gasteiger partial charge in [0.05, 0.1) is 6.61 Å². The first-order chi connectivity index (χ1) is 6.65. The van der Waals surface area contributed by atoms with E-state index >= 15 is 0 Å². The second kappa shape index (κ2) is 5.19. The summed E-state index contributed by atoms with van der Waals surface area (Å²) < 4.78 is 5.21. The summed E-state index contributed by atoms with van der Waals surface area (Å²) in [6.07, 6.45) is 2.18. The van der Waals surface area contributed by atoms with E-state index in [9.17, 15) is 0 Å². The van der Waals surface area contributed by atoms with E-state index in [0.717, 1.165) is 6.42 Å². The Bertz CT molecular complexity index is 309. The van der Waals surface area contributed by atoms with Crippen molar-refractivity contribution in [3.63, 3.8) is 0 Å². The molecule has 76 valence electrons. The van der Waals surface area contributed by atoms with Crippen molar-refractivity contribution in [2.24, 2.45) is 0 Å². The molecule has 1 rings (SSSR count). The highest BCUT2D eigenvalue weighted by Crippen LogP contribution is 2.19. The maximum atomic E-state index is 8.83. The second-order valence-corrected chi connectivity index (χ2v) is 3.18. The number of hydrogen-bond acceptors (Lipinski definition) is 4. The number of ether oxygens (including phenoxy) is 1. The van der Waals surface area contributed by atoms with Gasteiger partial charge in [0.2, 0.25) is 5.88 Å². The lowest BCUT2D eigenvalue weighted by Crippen LogP contribution is -2.30. The monoisotopic (exact) mass is 215 g/mol. The van der Waals surface area contributed by atoms with Gasteiger partial charge < -0.3 is 14.8 Å². The number of halogens is 1. The van der Waals surface area contributed by atoms with Crippen LogP contribution in [0.3, 0.4) is 0 Å². The van der Waals surface area contributed by atoms with Crippen molar-refractivity contribution >= 4 is 24.2 Å². The Morgan fingerprint density at radius 2 is 2.29 bits per heavy atom. The Kier molecular flexibility index (Phi) is 4.19. The third-order valence-corrected chi connectivity index (χ3v) is 1.84. The van der Waals surface area contributed by atoms with Crippen LogP contribution in [0.4, 0.5) is 0 Å². The van der Waals surface area contributed by atoms with Crippen LogP contribution in [0.1, 0.15) is 13.3 Å². The molecule has 1 aromatic heterocycles. The number of pyridine rings is 1. The molecule has 0 saturated carbocycles. The summed E-state index contributed by atoms with van der Waals surface area (Å²) in [6, 6.07) is 1.42. The van der Waals surface area contributed by atoms with Crippen molar-refractivity contribution in [3.05, 3.63) is 17.3 Å². The fourth-order valence-electron chi connectivity index (χ4n) is 0.886. The lowest BCUT2D eigenvalue weighted by molar-refractivity contribution is 0.305. The average molecular weight is 215 g/mol. The van der Waals surface area contributed by atoms with E-state index in [0.29, 0.717) is 12.5 Å². The molecule has 0 saturated heterocycles. The first-order valence-electron chi connectivity index (χ1n) is 4.29. The molecule has 0 bridgehead atoms. The molecule has 1 heterocycles. The minimum Gasteiger partial charge on any atom is -0.477 e. The van der Waals surface area contributed by atoms with Crippen molar-refractivity contribution in [2.45, 2.75) is 13.3 Å². The minimum atomic E-state index is -1.56. The van der Waals surface area contributed by atoms with Crippen LogP contribution in [0.25, 0.3) is 0 Å². The van der Waals surface area contributed by atoms with Gasteiger partial charge in [-0.25, -0.2) is 4.98 Å². The first-order valence-corrected chi connectivity index (χ1v) is 4.67. The molecule has 2 N–H and O–H groups in total. The van der Waals surface area contributed by atoms with Gasteiger partial charge in [0.25, 0.3) is 0 Å². The van der Waals surface area contributed by atoms with Gasteiger partial charge in [0.15, 0.2) is 0 Å². The summed E-state index contributed by atoms with van der Waals surface area (Å²) >= 11 is 5.80. The van der Waals surface area contributed by atoms with Crippen molar-refractivity contribution in [1.82, 2.24) is 4.98 Å². The Labute approximate surface area is 87.6 Å². The van der Waals surface area contributed by atoms with E-state index in [1.165, 1.54) is 12.3 Å². The maximum Gasteiger partial charge on any atom is 0.490 e. The van der Waals surface area contributed by atoms with E-state index in [1.54, 1.807) is 0 Å². The molecule has 0 aliphatic carbocycles. The highest BCUT2D eigenvalue weighted by atomic mass is 35.5. The molecule has 0 aliphatic rings. The third-order valence-electron chi connectivity index (χ3n) is 1.57. The molecule has 0 radical (unpaired) electrons. The summed E-state index contributed by atoms with van der Waals surface area (Å²) in [7, 11) is -1.56. The Balaban J connectivity index is 2.79. The highest BCUT2D eigenvalue weighted by molar-refractivity contribution is 6.58.